The molecule has 27 heavy (non-hydrogen) atoms. The molecule has 1 saturated heterocycles. The molecule has 12 nitrogen and oxygen atoms in total. The summed E-state index contributed by atoms with van der Waals surface area (Å²) in [6.07, 6.45) is 1.00. The number of aliphatic hydroxyl groups is 2. The molecule has 4 heterocycles. The van der Waals surface area contributed by atoms with Crippen LogP contribution in [0.1, 0.15) is 6.23 Å². The van der Waals surface area contributed by atoms with E-state index in [-0.39, 0.29) is 59.1 Å². The van der Waals surface area contributed by atoms with Crippen molar-refractivity contribution in [1.82, 2.24) is 23.9 Å². The van der Waals surface area contributed by atoms with E-state index in [0.29, 0.717) is 16.8 Å². The van der Waals surface area contributed by atoms with Crippen LogP contribution in [0.25, 0.3) is 16.8 Å². The zero-order valence-electron chi connectivity index (χ0n) is 14.4. The molecule has 0 aliphatic carbocycles. The average molecular weight is 415 g/mol. The van der Waals surface area contributed by atoms with E-state index in [4.69, 9.17) is 4.74 Å². The Morgan fingerprint density at radius 3 is 2.59 bits per heavy atom. The molecule has 1 aliphatic heterocycles. The molecule has 1 fully saturated rings. The zero-order valence-corrected chi connectivity index (χ0v) is 19.3. The molecule has 3 aromatic rings. The van der Waals surface area contributed by atoms with Crippen molar-refractivity contribution in [3.05, 3.63) is 25.0 Å². The Hall–Kier alpha value is 0.0800. The van der Waals surface area contributed by atoms with Crippen molar-refractivity contribution in [2.75, 3.05) is 6.61 Å². The molecule has 134 valence electrons. The molecule has 0 amide bonds. The molecule has 0 aromatic carbocycles. The van der Waals surface area contributed by atoms with Crippen LogP contribution in [0.15, 0.2) is 25.0 Å². The van der Waals surface area contributed by atoms with Crippen LogP contribution < -0.4 is 68.9 Å². The van der Waals surface area contributed by atoms with Crippen LogP contribution in [-0.4, -0.2) is 59.1 Å². The Morgan fingerprint density at radius 2 is 1.89 bits per heavy atom. The minimum absolute atomic E-state index is 0. The standard InChI is InChI=1S/C12H14N5O7P.2Na/c18-8-6(3-23-25(20,21)22)24-12(9(8)19)17-5-14-7-10-13-1-2-16(10)4-15-11(7)17;;/h1-2,4-6,8-9,12,18-19H,3H2,(H2,20,21,22);;/q;2*+1/p-2/t6-,8?,9+,12-;;/m1../s1. The predicted octanol–water partition coefficient (Wildman–Crippen LogP) is -8.45. The number of hydrogen-bond donors (Lipinski definition) is 2. The van der Waals surface area contributed by atoms with Gasteiger partial charge in [0.2, 0.25) is 0 Å². The minimum Gasteiger partial charge on any atom is -0.790 e. The van der Waals surface area contributed by atoms with Crippen molar-refractivity contribution >= 4 is 24.6 Å². The van der Waals surface area contributed by atoms with Crippen molar-refractivity contribution < 1.29 is 92.9 Å². The van der Waals surface area contributed by atoms with Gasteiger partial charge >= 0.3 is 59.1 Å². The summed E-state index contributed by atoms with van der Waals surface area (Å²) in [6.45, 7) is -0.705. The second-order valence-corrected chi connectivity index (χ2v) is 6.67. The Balaban J connectivity index is 0.00000131. The van der Waals surface area contributed by atoms with Crippen molar-refractivity contribution in [3.63, 3.8) is 0 Å². The summed E-state index contributed by atoms with van der Waals surface area (Å²) in [5, 5.41) is 20.2. The van der Waals surface area contributed by atoms with Gasteiger partial charge in [-0.05, 0) is 0 Å². The van der Waals surface area contributed by atoms with Crippen LogP contribution in [0.2, 0.25) is 0 Å². The van der Waals surface area contributed by atoms with E-state index in [2.05, 4.69) is 19.5 Å². The molecule has 4 rings (SSSR count). The fourth-order valence-electron chi connectivity index (χ4n) is 2.79. The first-order valence-electron chi connectivity index (χ1n) is 7.17. The maximum Gasteiger partial charge on any atom is 1.00 e. The van der Waals surface area contributed by atoms with Crippen LogP contribution >= 0.6 is 7.82 Å². The number of phosphoric acid groups is 1. The van der Waals surface area contributed by atoms with Gasteiger partial charge in [0.1, 0.15) is 24.6 Å². The number of aliphatic hydroxyl groups excluding tert-OH is 2. The van der Waals surface area contributed by atoms with Gasteiger partial charge in [-0.1, -0.05) is 0 Å². The molecule has 0 bridgehead atoms. The van der Waals surface area contributed by atoms with Crippen LogP contribution in [-0.2, 0) is 13.8 Å². The molecule has 15 heteroatoms. The largest absolute Gasteiger partial charge is 1.00 e. The van der Waals surface area contributed by atoms with Crippen LogP contribution in [0, 0.1) is 0 Å². The summed E-state index contributed by atoms with van der Waals surface area (Å²) < 4.78 is 23.2. The van der Waals surface area contributed by atoms with Gasteiger partial charge < -0.3 is 33.8 Å². The topological polar surface area (TPSA) is 170 Å². The van der Waals surface area contributed by atoms with E-state index < -0.39 is 39.0 Å². The molecular weight excluding hydrogens is 403 g/mol. The Bertz CT molecular complexity index is 978. The van der Waals surface area contributed by atoms with Crippen molar-refractivity contribution in [1.29, 1.82) is 0 Å². The van der Waals surface area contributed by atoms with Gasteiger partial charge in [-0.25, -0.2) is 15.0 Å². The normalized spacial score (nSPS) is 25.5. The van der Waals surface area contributed by atoms with E-state index in [1.807, 2.05) is 0 Å². The quantitative estimate of drug-likeness (QED) is 0.308. The van der Waals surface area contributed by atoms with E-state index >= 15 is 0 Å². The second kappa shape index (κ2) is 8.84. The van der Waals surface area contributed by atoms with Gasteiger partial charge in [0, 0.05) is 12.4 Å². The van der Waals surface area contributed by atoms with Gasteiger partial charge in [-0.3, -0.25) is 8.97 Å². The molecule has 3 aromatic heterocycles. The van der Waals surface area contributed by atoms with Gasteiger partial charge in [0.05, 0.1) is 20.8 Å². The van der Waals surface area contributed by atoms with E-state index in [1.54, 1.807) is 16.8 Å². The fourth-order valence-corrected chi connectivity index (χ4v) is 3.12. The zero-order chi connectivity index (χ0) is 17.8. The summed E-state index contributed by atoms with van der Waals surface area (Å²) in [5.41, 5.74) is 1.37. The molecule has 4 atom stereocenters. The SMILES string of the molecule is O=P([O-])([O-])OC[C@H]1O[C@@H](n2cnc3c2ncn2ccnc32)[C@@H](O)C1O.[Na+].[Na+]. The van der Waals surface area contributed by atoms with Crippen molar-refractivity contribution in [3.8, 4) is 0 Å². The third kappa shape index (κ3) is 4.48. The smallest absolute Gasteiger partial charge is 0.790 e. The number of ether oxygens (including phenoxy) is 1. The molecular formula is C12H12N5Na2O7P. The first-order valence-corrected chi connectivity index (χ1v) is 8.63. The molecule has 1 aliphatic rings. The third-order valence-corrected chi connectivity index (χ3v) is 4.43. The van der Waals surface area contributed by atoms with Gasteiger partial charge in [0.25, 0.3) is 0 Å². The van der Waals surface area contributed by atoms with Crippen molar-refractivity contribution in [2.45, 2.75) is 24.5 Å². The van der Waals surface area contributed by atoms with E-state index in [0.717, 1.165) is 0 Å². The first kappa shape index (κ1) is 23.4. The Labute approximate surface area is 196 Å². The average Bonchev–Trinajstić information content (AvgIpc) is 3.23. The summed E-state index contributed by atoms with van der Waals surface area (Å²) in [6, 6.07) is 0. The van der Waals surface area contributed by atoms with E-state index in [1.165, 1.54) is 17.2 Å². The Kier molecular flexibility index (Phi) is 7.65. The maximum atomic E-state index is 10.6. The number of imidazole rings is 2. The number of hydrogen-bond acceptors (Lipinski definition) is 10. The molecule has 2 N–H and O–H groups in total. The fraction of sp³-hybridized carbons (Fsp3) is 0.417. The molecule has 1 unspecified atom stereocenters. The van der Waals surface area contributed by atoms with Crippen LogP contribution in [0.5, 0.6) is 0 Å². The van der Waals surface area contributed by atoms with Crippen LogP contribution in [0.4, 0.5) is 0 Å². The van der Waals surface area contributed by atoms with Gasteiger partial charge in [0.15, 0.2) is 23.0 Å². The third-order valence-electron chi connectivity index (χ3n) is 3.96. The van der Waals surface area contributed by atoms with E-state index in [9.17, 15) is 24.6 Å². The van der Waals surface area contributed by atoms with Crippen LogP contribution in [0.3, 0.4) is 0 Å². The number of aromatic nitrogens is 5. The number of fused-ring (bicyclic) bond motifs is 3. The molecule has 0 saturated carbocycles. The minimum atomic E-state index is -5.22. The predicted molar refractivity (Wildman–Crippen MR) is 75.8 cm³/mol. The summed E-state index contributed by atoms with van der Waals surface area (Å²) >= 11 is 0. The second-order valence-electron chi connectivity index (χ2n) is 5.52. The maximum absolute atomic E-state index is 10.6. The first-order chi connectivity index (χ1) is 11.8. The van der Waals surface area contributed by atoms with Gasteiger partial charge in [-0.15, -0.1) is 0 Å². The monoisotopic (exact) mass is 415 g/mol. The Morgan fingerprint density at radius 1 is 1.15 bits per heavy atom. The number of phosphoric ester groups is 1. The summed E-state index contributed by atoms with van der Waals surface area (Å²) in [5.74, 6) is 0. The molecule has 0 radical (unpaired) electrons. The van der Waals surface area contributed by atoms with Crippen molar-refractivity contribution in [2.24, 2.45) is 0 Å². The molecule has 0 spiro atoms. The number of nitrogens with zero attached hydrogens (tertiary/aromatic N) is 5. The summed E-state index contributed by atoms with van der Waals surface area (Å²) in [7, 11) is -5.22. The summed E-state index contributed by atoms with van der Waals surface area (Å²) in [4.78, 5) is 33.8. The van der Waals surface area contributed by atoms with Gasteiger partial charge in [-0.2, -0.15) is 0 Å². The number of rotatable bonds is 4.